The summed E-state index contributed by atoms with van der Waals surface area (Å²) in [6.45, 7) is 4.69. The molecule has 0 radical (unpaired) electrons. The van der Waals surface area contributed by atoms with Crippen LogP contribution >= 0.6 is 0 Å². The van der Waals surface area contributed by atoms with Crippen LogP contribution in [0.1, 0.15) is 30.1 Å². The Morgan fingerprint density at radius 2 is 2.23 bits per heavy atom. The van der Waals surface area contributed by atoms with Crippen LogP contribution in [0, 0.1) is 0 Å². The molecule has 2 atom stereocenters. The summed E-state index contributed by atoms with van der Waals surface area (Å²) in [6, 6.07) is 0.656. The van der Waals surface area contributed by atoms with Crippen LogP contribution in [0.15, 0.2) is 6.20 Å². The number of aromatic nitrogens is 2. The van der Waals surface area contributed by atoms with Gasteiger partial charge >= 0.3 is 0 Å². The van der Waals surface area contributed by atoms with Crippen LogP contribution in [-0.2, 0) is 20.7 Å². The highest BCUT2D eigenvalue weighted by atomic mass is 16.5. The molecule has 8 heteroatoms. The molecule has 0 unspecified atom stereocenters. The molecule has 2 bridgehead atoms. The lowest BCUT2D eigenvalue weighted by Gasteiger charge is -2.35. The number of ether oxygens (including phenoxy) is 2. The summed E-state index contributed by atoms with van der Waals surface area (Å²) >= 11 is 0. The molecule has 8 nitrogen and oxygen atoms in total. The maximum atomic E-state index is 12.2. The van der Waals surface area contributed by atoms with Crippen LogP contribution < -0.4 is 10.2 Å². The first-order chi connectivity index (χ1) is 12.8. The summed E-state index contributed by atoms with van der Waals surface area (Å²) in [4.78, 5) is 26.2. The van der Waals surface area contributed by atoms with E-state index in [1.54, 1.807) is 7.11 Å². The Morgan fingerprint density at radius 3 is 3.04 bits per heavy atom. The Bertz CT molecular complexity index is 650. The lowest BCUT2D eigenvalue weighted by atomic mass is 9.99. The van der Waals surface area contributed by atoms with Gasteiger partial charge in [-0.1, -0.05) is 0 Å². The predicted molar refractivity (Wildman–Crippen MR) is 96.1 cm³/mol. The van der Waals surface area contributed by atoms with Crippen LogP contribution in [0.2, 0.25) is 0 Å². The predicted octanol–water partition coefficient (Wildman–Crippen LogP) is 0.137. The zero-order valence-electron chi connectivity index (χ0n) is 15.3. The molecule has 0 spiro atoms. The monoisotopic (exact) mass is 361 g/mol. The summed E-state index contributed by atoms with van der Waals surface area (Å²) < 4.78 is 10.4. The van der Waals surface area contributed by atoms with Gasteiger partial charge in [-0.05, 0) is 12.8 Å². The Hall–Kier alpha value is -1.77. The number of nitrogens with one attached hydrogen (secondary N) is 1. The fourth-order valence-electron chi connectivity index (χ4n) is 4.24. The van der Waals surface area contributed by atoms with E-state index in [1.165, 1.54) is 5.56 Å². The van der Waals surface area contributed by atoms with Crippen molar-refractivity contribution in [2.45, 2.75) is 31.3 Å². The minimum atomic E-state index is 0.0632. The molecule has 2 saturated heterocycles. The molecular weight excluding hydrogens is 334 g/mol. The topological polar surface area (TPSA) is 79.8 Å². The zero-order chi connectivity index (χ0) is 17.9. The maximum absolute atomic E-state index is 12.2. The van der Waals surface area contributed by atoms with Gasteiger partial charge in [0.15, 0.2) is 0 Å². The fraction of sp³-hybridized carbons (Fsp3) is 0.722. The van der Waals surface area contributed by atoms with E-state index in [-0.39, 0.29) is 11.9 Å². The van der Waals surface area contributed by atoms with Gasteiger partial charge in [0.2, 0.25) is 11.9 Å². The van der Waals surface area contributed by atoms with E-state index in [0.29, 0.717) is 25.7 Å². The molecule has 3 aliphatic rings. The number of hydrogen-bond donors (Lipinski definition) is 1. The molecule has 142 valence electrons. The quantitative estimate of drug-likeness (QED) is 0.722. The number of morpholine rings is 1. The highest BCUT2D eigenvalue weighted by Gasteiger charge is 2.41. The molecule has 0 saturated carbocycles. The number of amides is 1. The van der Waals surface area contributed by atoms with Gasteiger partial charge in [-0.2, -0.15) is 0 Å². The third kappa shape index (κ3) is 3.54. The molecule has 2 fully saturated rings. The molecule has 1 aromatic heterocycles. The van der Waals surface area contributed by atoms with Crippen LogP contribution in [-0.4, -0.2) is 79.9 Å². The van der Waals surface area contributed by atoms with Crippen LogP contribution in [0.4, 0.5) is 5.95 Å². The van der Waals surface area contributed by atoms with Crippen molar-refractivity contribution in [1.82, 2.24) is 20.2 Å². The summed E-state index contributed by atoms with van der Waals surface area (Å²) in [5.74, 6) is 0.880. The van der Waals surface area contributed by atoms with E-state index in [1.807, 2.05) is 6.20 Å². The average molecular weight is 361 g/mol. The number of carbonyl (C=O) groups excluding carboxylic acids is 1. The van der Waals surface area contributed by atoms with Gasteiger partial charge in [0, 0.05) is 57.0 Å². The lowest BCUT2D eigenvalue weighted by Crippen LogP contribution is -2.45. The Balaban J connectivity index is 1.45. The Labute approximate surface area is 153 Å². The van der Waals surface area contributed by atoms with Gasteiger partial charge < -0.3 is 19.7 Å². The van der Waals surface area contributed by atoms with Crippen LogP contribution in [0.5, 0.6) is 0 Å². The average Bonchev–Trinajstić information content (AvgIpc) is 2.94. The fourth-order valence-corrected chi connectivity index (χ4v) is 4.24. The summed E-state index contributed by atoms with van der Waals surface area (Å²) in [5.41, 5.74) is 2.35. The molecule has 26 heavy (non-hydrogen) atoms. The summed E-state index contributed by atoms with van der Waals surface area (Å²) in [6.07, 6.45) is 5.06. The molecular formula is C18H27N5O3. The van der Waals surface area contributed by atoms with Gasteiger partial charge in [-0.15, -0.1) is 0 Å². The van der Waals surface area contributed by atoms with Crippen molar-refractivity contribution in [2.75, 3.05) is 58.0 Å². The number of carbonyl (C=O) groups is 1. The van der Waals surface area contributed by atoms with Crippen molar-refractivity contribution in [3.05, 3.63) is 17.5 Å². The smallest absolute Gasteiger partial charge is 0.234 e. The summed E-state index contributed by atoms with van der Waals surface area (Å²) in [7, 11) is 1.64. The molecule has 0 aliphatic carbocycles. The van der Waals surface area contributed by atoms with Crippen molar-refractivity contribution in [2.24, 2.45) is 0 Å². The second-order valence-corrected chi connectivity index (χ2v) is 7.14. The molecule has 0 aromatic carbocycles. The largest absolute Gasteiger partial charge is 0.383 e. The third-order valence-corrected chi connectivity index (χ3v) is 5.57. The normalized spacial score (nSPS) is 25.2. The number of methoxy groups -OCH3 is 1. The molecule has 4 rings (SSSR count). The first kappa shape index (κ1) is 17.6. The highest BCUT2D eigenvalue weighted by molar-refractivity contribution is 5.78. The SMILES string of the molecule is COCCNC(=O)CN1[C@H]2CC[C@H]1c1cnc(N3CCOCC3)nc1C2. The van der Waals surface area contributed by atoms with Gasteiger partial charge in [0.25, 0.3) is 0 Å². The maximum Gasteiger partial charge on any atom is 0.234 e. The Kier molecular flexibility index (Phi) is 5.33. The van der Waals surface area contributed by atoms with Crippen molar-refractivity contribution in [3.63, 3.8) is 0 Å². The molecule has 3 aliphatic heterocycles. The standard InChI is InChI=1S/C18H27N5O3/c1-25-7-4-19-17(24)12-23-13-2-3-16(23)14-11-20-18(21-15(14)10-13)22-5-8-26-9-6-22/h11,13,16H,2-10,12H2,1H3,(H,19,24)/t13-,16-/m0/s1. The van der Waals surface area contributed by atoms with E-state index in [4.69, 9.17) is 14.5 Å². The van der Waals surface area contributed by atoms with Crippen LogP contribution in [0.3, 0.4) is 0 Å². The van der Waals surface area contributed by atoms with E-state index in [2.05, 4.69) is 20.1 Å². The van der Waals surface area contributed by atoms with E-state index >= 15 is 0 Å². The minimum Gasteiger partial charge on any atom is -0.383 e. The lowest BCUT2D eigenvalue weighted by molar-refractivity contribution is -0.123. The van der Waals surface area contributed by atoms with Crippen molar-refractivity contribution in [3.8, 4) is 0 Å². The molecule has 1 N–H and O–H groups in total. The van der Waals surface area contributed by atoms with Crippen molar-refractivity contribution >= 4 is 11.9 Å². The number of anilines is 1. The second kappa shape index (κ2) is 7.85. The first-order valence-corrected chi connectivity index (χ1v) is 9.46. The number of nitrogens with zero attached hydrogens (tertiary/aromatic N) is 4. The number of fused-ring (bicyclic) bond motifs is 4. The van der Waals surface area contributed by atoms with Crippen LogP contribution in [0.25, 0.3) is 0 Å². The zero-order valence-corrected chi connectivity index (χ0v) is 15.3. The Morgan fingerprint density at radius 1 is 1.38 bits per heavy atom. The third-order valence-electron chi connectivity index (χ3n) is 5.57. The van der Waals surface area contributed by atoms with Gasteiger partial charge in [-0.25, -0.2) is 9.97 Å². The highest BCUT2D eigenvalue weighted by Crippen LogP contribution is 2.42. The molecule has 1 aromatic rings. The van der Waals surface area contributed by atoms with Gasteiger partial charge in [0.05, 0.1) is 32.1 Å². The summed E-state index contributed by atoms with van der Waals surface area (Å²) in [5, 5.41) is 2.92. The van der Waals surface area contributed by atoms with E-state index < -0.39 is 0 Å². The number of hydrogen-bond acceptors (Lipinski definition) is 7. The van der Waals surface area contributed by atoms with Crippen molar-refractivity contribution in [1.29, 1.82) is 0 Å². The van der Waals surface area contributed by atoms with Gasteiger partial charge in [0.1, 0.15) is 0 Å². The van der Waals surface area contributed by atoms with Gasteiger partial charge in [-0.3, -0.25) is 9.69 Å². The number of rotatable bonds is 6. The minimum absolute atomic E-state index is 0.0632. The molecule has 4 heterocycles. The second-order valence-electron chi connectivity index (χ2n) is 7.14. The molecule has 1 amide bonds. The van der Waals surface area contributed by atoms with E-state index in [0.717, 1.165) is 57.2 Å². The van der Waals surface area contributed by atoms with E-state index in [9.17, 15) is 4.79 Å². The van der Waals surface area contributed by atoms with Crippen molar-refractivity contribution < 1.29 is 14.3 Å². The first-order valence-electron chi connectivity index (χ1n) is 9.46.